The zero-order valence-corrected chi connectivity index (χ0v) is 7.95. The summed E-state index contributed by atoms with van der Waals surface area (Å²) in [5.74, 6) is 0. The van der Waals surface area contributed by atoms with Gasteiger partial charge in [0.25, 0.3) is 0 Å². The summed E-state index contributed by atoms with van der Waals surface area (Å²) in [5.41, 5.74) is 6.27. The molecule has 0 aromatic heterocycles. The minimum absolute atomic E-state index is 0.454. The molecule has 0 aliphatic carbocycles. The molecule has 1 rings (SSSR count). The Morgan fingerprint density at radius 3 is 2.08 bits per heavy atom. The highest BCUT2D eigenvalue weighted by molar-refractivity contribution is 7.80. The van der Waals surface area contributed by atoms with Crippen molar-refractivity contribution in [3.63, 3.8) is 0 Å². The van der Waals surface area contributed by atoms with Gasteiger partial charge in [-0.15, -0.1) is 0 Å². The zero-order chi connectivity index (χ0) is 10.3. The first-order valence-corrected chi connectivity index (χ1v) is 3.87. The highest BCUT2D eigenvalue weighted by atomic mass is 32.1. The fourth-order valence-corrected chi connectivity index (χ4v) is 0.739. The van der Waals surface area contributed by atoms with Gasteiger partial charge in [0, 0.05) is 10.5 Å². The van der Waals surface area contributed by atoms with Crippen LogP contribution in [0.15, 0.2) is 30.3 Å². The molecular weight excluding hydrogens is 188 g/mol. The van der Waals surface area contributed by atoms with Crippen molar-refractivity contribution in [3.05, 3.63) is 46.0 Å². The first-order chi connectivity index (χ1) is 6.04. The van der Waals surface area contributed by atoms with Gasteiger partial charge in [-0.1, -0.05) is 42.5 Å². The topological polar surface area (TPSA) is 69.2 Å². The van der Waals surface area contributed by atoms with Gasteiger partial charge >= 0.3 is 0 Å². The number of nitrogens with two attached hydrogens (primary N) is 1. The lowest BCUT2D eigenvalue weighted by molar-refractivity contribution is -0.445. The highest BCUT2D eigenvalue weighted by Gasteiger charge is 1.89. The molecule has 0 saturated heterocycles. The standard InChI is InChI=1S/C7H7NS.CH3NO2/c8-7(9)6-4-2-1-3-5-6;1-2(3)4/h1-5H,(H2,8,9);1H3. The van der Waals surface area contributed by atoms with Crippen LogP contribution in [-0.2, 0) is 0 Å². The summed E-state index contributed by atoms with van der Waals surface area (Å²) in [4.78, 5) is 8.76. The molecule has 0 bridgehead atoms. The molecule has 2 N–H and O–H groups in total. The molecule has 1 aromatic carbocycles. The Labute approximate surface area is 81.5 Å². The fraction of sp³-hybridized carbons (Fsp3) is 0.125. The highest BCUT2D eigenvalue weighted by Crippen LogP contribution is 1.96. The minimum Gasteiger partial charge on any atom is -0.389 e. The smallest absolute Gasteiger partial charge is 0.194 e. The minimum atomic E-state index is -0.500. The van der Waals surface area contributed by atoms with Gasteiger partial charge in [-0.2, -0.15) is 0 Å². The molecule has 0 radical (unpaired) electrons. The third-order valence-electron chi connectivity index (χ3n) is 1.06. The van der Waals surface area contributed by atoms with E-state index in [1.807, 2.05) is 30.3 Å². The van der Waals surface area contributed by atoms with Gasteiger partial charge in [-0.25, -0.2) is 0 Å². The average molecular weight is 198 g/mol. The van der Waals surface area contributed by atoms with Crippen molar-refractivity contribution in [2.24, 2.45) is 5.73 Å². The Kier molecular flexibility index (Phi) is 5.38. The van der Waals surface area contributed by atoms with E-state index < -0.39 is 4.92 Å². The summed E-state index contributed by atoms with van der Waals surface area (Å²) in [7, 11) is 0.889. The molecule has 70 valence electrons. The van der Waals surface area contributed by atoms with Crippen LogP contribution in [0.4, 0.5) is 0 Å². The fourth-order valence-electron chi connectivity index (χ4n) is 0.602. The SMILES string of the molecule is C[N+](=O)[O-].NC(=S)c1ccccc1. The van der Waals surface area contributed by atoms with Gasteiger partial charge in [0.15, 0.2) is 7.05 Å². The Balaban J connectivity index is 0.000000310. The largest absolute Gasteiger partial charge is 0.389 e. The second-order valence-electron chi connectivity index (χ2n) is 2.17. The molecule has 5 heteroatoms. The molecule has 0 aliphatic heterocycles. The molecule has 4 nitrogen and oxygen atoms in total. The Hall–Kier alpha value is -1.49. The number of rotatable bonds is 1. The maximum Gasteiger partial charge on any atom is 0.194 e. The molecule has 13 heavy (non-hydrogen) atoms. The van der Waals surface area contributed by atoms with Crippen LogP contribution >= 0.6 is 12.2 Å². The summed E-state index contributed by atoms with van der Waals surface area (Å²) in [6.07, 6.45) is 0. The van der Waals surface area contributed by atoms with Crippen molar-refractivity contribution in [1.82, 2.24) is 0 Å². The Bertz CT molecular complexity index is 283. The van der Waals surface area contributed by atoms with E-state index in [9.17, 15) is 0 Å². The Morgan fingerprint density at radius 2 is 1.85 bits per heavy atom. The quantitative estimate of drug-likeness (QED) is 0.418. The number of nitro groups is 1. The number of hydrogen-bond donors (Lipinski definition) is 1. The van der Waals surface area contributed by atoms with Crippen LogP contribution in [0.25, 0.3) is 0 Å². The number of thiocarbonyl (C=S) groups is 1. The van der Waals surface area contributed by atoms with Crippen molar-refractivity contribution in [3.8, 4) is 0 Å². The van der Waals surface area contributed by atoms with E-state index in [0.717, 1.165) is 12.6 Å². The molecule has 1 aromatic rings. The second kappa shape index (κ2) is 6.07. The van der Waals surface area contributed by atoms with Crippen molar-refractivity contribution in [2.45, 2.75) is 0 Å². The summed E-state index contributed by atoms with van der Waals surface area (Å²) in [6.45, 7) is 0. The molecule has 0 spiro atoms. The predicted octanol–water partition coefficient (Wildman–Crippen LogP) is 1.21. The van der Waals surface area contributed by atoms with Crippen LogP contribution in [0.1, 0.15) is 5.56 Å². The van der Waals surface area contributed by atoms with Crippen molar-refractivity contribution in [1.29, 1.82) is 0 Å². The van der Waals surface area contributed by atoms with Crippen LogP contribution in [0.3, 0.4) is 0 Å². The van der Waals surface area contributed by atoms with Crippen LogP contribution in [-0.4, -0.2) is 17.0 Å². The van der Waals surface area contributed by atoms with Gasteiger partial charge < -0.3 is 5.73 Å². The van der Waals surface area contributed by atoms with Crippen LogP contribution in [0, 0.1) is 10.1 Å². The molecule has 0 saturated carbocycles. The summed E-state index contributed by atoms with van der Waals surface area (Å²) < 4.78 is 0. The van der Waals surface area contributed by atoms with E-state index in [1.54, 1.807) is 0 Å². The molecule has 0 fully saturated rings. The maximum atomic E-state index is 8.81. The molecule has 0 atom stereocenters. The lowest BCUT2D eigenvalue weighted by Gasteiger charge is -1.92. The molecule has 0 heterocycles. The lowest BCUT2D eigenvalue weighted by atomic mass is 10.2. The number of hydrogen-bond acceptors (Lipinski definition) is 3. The van der Waals surface area contributed by atoms with E-state index in [-0.39, 0.29) is 0 Å². The second-order valence-corrected chi connectivity index (χ2v) is 2.61. The third-order valence-corrected chi connectivity index (χ3v) is 1.29. The van der Waals surface area contributed by atoms with E-state index in [4.69, 9.17) is 28.1 Å². The van der Waals surface area contributed by atoms with Crippen LogP contribution in [0.5, 0.6) is 0 Å². The zero-order valence-electron chi connectivity index (χ0n) is 7.14. The molecule has 0 amide bonds. The molecular formula is C8H10N2O2S. The van der Waals surface area contributed by atoms with Crippen molar-refractivity contribution in [2.75, 3.05) is 7.05 Å². The first-order valence-electron chi connectivity index (χ1n) is 3.47. The van der Waals surface area contributed by atoms with Gasteiger partial charge in [-0.3, -0.25) is 10.1 Å². The van der Waals surface area contributed by atoms with Gasteiger partial charge in [0.05, 0.1) is 0 Å². The summed E-state index contributed by atoms with van der Waals surface area (Å²) in [6, 6.07) is 9.54. The first kappa shape index (κ1) is 11.5. The van der Waals surface area contributed by atoms with Crippen molar-refractivity contribution < 1.29 is 4.92 Å². The number of nitrogens with zero attached hydrogens (tertiary/aromatic N) is 1. The summed E-state index contributed by atoms with van der Waals surface area (Å²) in [5, 5.41) is 8.81. The average Bonchev–Trinajstić information content (AvgIpc) is 2.05. The van der Waals surface area contributed by atoms with Gasteiger partial charge in [0.1, 0.15) is 4.99 Å². The van der Waals surface area contributed by atoms with E-state index in [2.05, 4.69) is 0 Å². The van der Waals surface area contributed by atoms with Crippen LogP contribution in [0.2, 0.25) is 0 Å². The molecule has 0 aliphatic rings. The summed E-state index contributed by atoms with van der Waals surface area (Å²) >= 11 is 4.74. The van der Waals surface area contributed by atoms with Gasteiger partial charge in [0.2, 0.25) is 0 Å². The van der Waals surface area contributed by atoms with Gasteiger partial charge in [-0.05, 0) is 0 Å². The van der Waals surface area contributed by atoms with E-state index in [1.165, 1.54) is 0 Å². The number of benzene rings is 1. The Morgan fingerprint density at radius 1 is 1.46 bits per heavy atom. The third kappa shape index (κ3) is 6.89. The monoisotopic (exact) mass is 198 g/mol. The van der Waals surface area contributed by atoms with Crippen LogP contribution < -0.4 is 5.73 Å². The van der Waals surface area contributed by atoms with E-state index in [0.29, 0.717) is 4.99 Å². The predicted molar refractivity (Wildman–Crippen MR) is 55.2 cm³/mol. The maximum absolute atomic E-state index is 8.81. The van der Waals surface area contributed by atoms with Crippen molar-refractivity contribution >= 4 is 17.2 Å². The normalized spacial score (nSPS) is 8.08. The van der Waals surface area contributed by atoms with E-state index >= 15 is 0 Å². The lowest BCUT2D eigenvalue weighted by Crippen LogP contribution is -2.08. The molecule has 0 unspecified atom stereocenters.